The highest BCUT2D eigenvalue weighted by Crippen LogP contribution is 2.45. The molecule has 2 rings (SSSR count). The van der Waals surface area contributed by atoms with Crippen molar-refractivity contribution in [3.8, 4) is 0 Å². The van der Waals surface area contributed by atoms with Gasteiger partial charge in [-0.15, -0.1) is 10.2 Å². The predicted molar refractivity (Wildman–Crippen MR) is 50.4 cm³/mol. The molecule has 1 fully saturated rings. The van der Waals surface area contributed by atoms with Crippen molar-refractivity contribution < 1.29 is 4.79 Å². The average Bonchev–Trinajstić information content (AvgIpc) is 2.89. The van der Waals surface area contributed by atoms with Crippen LogP contribution in [0.2, 0.25) is 0 Å². The van der Waals surface area contributed by atoms with Crippen molar-refractivity contribution >= 4 is 11.9 Å². The molecule has 76 valence electrons. The number of nitrogens with zero attached hydrogens (tertiary/aromatic N) is 3. The molecule has 1 aromatic heterocycles. The van der Waals surface area contributed by atoms with E-state index in [0.29, 0.717) is 12.5 Å². The minimum Gasteiger partial charge on any atom is -0.329 e. The van der Waals surface area contributed by atoms with Crippen LogP contribution < -0.4 is 11.1 Å². The lowest BCUT2D eigenvalue weighted by Gasteiger charge is -2.11. The van der Waals surface area contributed by atoms with Crippen molar-refractivity contribution in [1.29, 1.82) is 0 Å². The summed E-state index contributed by atoms with van der Waals surface area (Å²) in [4.78, 5) is 11.7. The lowest BCUT2D eigenvalue weighted by Crippen LogP contribution is -2.31. The van der Waals surface area contributed by atoms with Gasteiger partial charge in [-0.3, -0.25) is 10.1 Å². The molecule has 0 bridgehead atoms. The largest absolute Gasteiger partial charge is 0.329 e. The van der Waals surface area contributed by atoms with Gasteiger partial charge in [0.1, 0.15) is 6.33 Å². The van der Waals surface area contributed by atoms with Crippen LogP contribution >= 0.6 is 0 Å². The number of nitrogens with two attached hydrogens (primary N) is 1. The molecule has 0 aliphatic heterocycles. The average molecular weight is 195 g/mol. The Hall–Kier alpha value is -1.43. The molecule has 0 saturated heterocycles. The van der Waals surface area contributed by atoms with Crippen molar-refractivity contribution in [3.63, 3.8) is 0 Å². The van der Waals surface area contributed by atoms with Crippen LogP contribution in [-0.2, 0) is 11.8 Å². The van der Waals surface area contributed by atoms with Crippen LogP contribution in [0.15, 0.2) is 6.33 Å². The van der Waals surface area contributed by atoms with Crippen molar-refractivity contribution in [2.24, 2.45) is 18.2 Å². The molecule has 0 radical (unpaired) electrons. The van der Waals surface area contributed by atoms with Crippen LogP contribution in [0.25, 0.3) is 0 Å². The van der Waals surface area contributed by atoms with E-state index in [-0.39, 0.29) is 11.3 Å². The Bertz CT molecular complexity index is 354. The fourth-order valence-electron chi connectivity index (χ4n) is 1.31. The van der Waals surface area contributed by atoms with Crippen LogP contribution in [0, 0.1) is 5.41 Å². The minimum absolute atomic E-state index is 0.0453. The number of hydrogen-bond donors (Lipinski definition) is 2. The zero-order valence-electron chi connectivity index (χ0n) is 8.03. The van der Waals surface area contributed by atoms with Crippen molar-refractivity contribution in [2.75, 3.05) is 11.9 Å². The molecule has 14 heavy (non-hydrogen) atoms. The SMILES string of the molecule is Cn1cnnc1NC(=O)C1(CN)CC1. The van der Waals surface area contributed by atoms with Gasteiger partial charge in [-0.25, -0.2) is 0 Å². The minimum atomic E-state index is -0.341. The summed E-state index contributed by atoms with van der Waals surface area (Å²) in [7, 11) is 1.78. The summed E-state index contributed by atoms with van der Waals surface area (Å²) in [5.41, 5.74) is 5.19. The second-order valence-corrected chi connectivity index (χ2v) is 3.70. The first kappa shape index (κ1) is 9.14. The van der Waals surface area contributed by atoms with E-state index in [4.69, 9.17) is 5.73 Å². The van der Waals surface area contributed by atoms with Crippen molar-refractivity contribution in [2.45, 2.75) is 12.8 Å². The molecule has 0 unspecified atom stereocenters. The monoisotopic (exact) mass is 195 g/mol. The zero-order chi connectivity index (χ0) is 10.2. The zero-order valence-corrected chi connectivity index (χ0v) is 8.03. The Labute approximate surface area is 81.5 Å². The molecule has 0 atom stereocenters. The molecule has 3 N–H and O–H groups in total. The van der Waals surface area contributed by atoms with E-state index in [2.05, 4.69) is 15.5 Å². The third-order valence-electron chi connectivity index (χ3n) is 2.66. The smallest absolute Gasteiger partial charge is 0.234 e. The molecule has 1 aliphatic rings. The van der Waals surface area contributed by atoms with Gasteiger partial charge in [-0.1, -0.05) is 0 Å². The quantitative estimate of drug-likeness (QED) is 0.680. The number of carbonyl (C=O) groups is 1. The number of hydrogen-bond acceptors (Lipinski definition) is 4. The number of amides is 1. The summed E-state index contributed by atoms with van der Waals surface area (Å²) in [5, 5.41) is 10.2. The maximum Gasteiger partial charge on any atom is 0.234 e. The second-order valence-electron chi connectivity index (χ2n) is 3.70. The highest BCUT2D eigenvalue weighted by molar-refractivity contribution is 5.96. The van der Waals surface area contributed by atoms with Gasteiger partial charge in [0, 0.05) is 13.6 Å². The van der Waals surface area contributed by atoms with E-state index in [1.54, 1.807) is 11.6 Å². The van der Waals surface area contributed by atoms with Gasteiger partial charge in [0.2, 0.25) is 11.9 Å². The summed E-state index contributed by atoms with van der Waals surface area (Å²) in [6.45, 7) is 0.399. The highest BCUT2D eigenvalue weighted by Gasteiger charge is 2.48. The Morgan fingerprint density at radius 2 is 2.50 bits per heavy atom. The first-order chi connectivity index (χ1) is 6.68. The fraction of sp³-hybridized carbons (Fsp3) is 0.625. The maximum atomic E-state index is 11.7. The van der Waals surface area contributed by atoms with E-state index in [1.165, 1.54) is 6.33 Å². The topological polar surface area (TPSA) is 85.8 Å². The van der Waals surface area contributed by atoms with Crippen molar-refractivity contribution in [1.82, 2.24) is 14.8 Å². The number of aromatic nitrogens is 3. The predicted octanol–water partition coefficient (Wildman–Crippen LogP) is -0.508. The lowest BCUT2D eigenvalue weighted by atomic mass is 10.1. The van der Waals surface area contributed by atoms with Crippen LogP contribution in [0.4, 0.5) is 5.95 Å². The summed E-state index contributed by atoms with van der Waals surface area (Å²) in [5.74, 6) is 0.422. The molecular formula is C8H13N5O. The molecule has 6 nitrogen and oxygen atoms in total. The Morgan fingerprint density at radius 1 is 1.79 bits per heavy atom. The standard InChI is InChI=1S/C8H13N5O/c1-13-5-10-12-7(13)11-6(14)8(4-9)2-3-8/h5H,2-4,9H2,1H3,(H,11,12,14). The molecule has 1 heterocycles. The Kier molecular flexibility index (Phi) is 1.99. The first-order valence-corrected chi connectivity index (χ1v) is 4.53. The van der Waals surface area contributed by atoms with Crippen LogP contribution in [0.3, 0.4) is 0 Å². The van der Waals surface area contributed by atoms with Gasteiger partial charge >= 0.3 is 0 Å². The van der Waals surface area contributed by atoms with Crippen LogP contribution in [-0.4, -0.2) is 27.2 Å². The number of rotatable bonds is 3. The van der Waals surface area contributed by atoms with Gasteiger partial charge in [0.25, 0.3) is 0 Å². The van der Waals surface area contributed by atoms with Gasteiger partial charge < -0.3 is 10.3 Å². The maximum absolute atomic E-state index is 11.7. The van der Waals surface area contributed by atoms with Gasteiger partial charge in [-0.05, 0) is 12.8 Å². The van der Waals surface area contributed by atoms with E-state index in [0.717, 1.165) is 12.8 Å². The molecule has 6 heteroatoms. The van der Waals surface area contributed by atoms with Gasteiger partial charge in [-0.2, -0.15) is 0 Å². The van der Waals surface area contributed by atoms with E-state index < -0.39 is 0 Å². The first-order valence-electron chi connectivity index (χ1n) is 4.53. The molecule has 1 amide bonds. The number of nitrogens with one attached hydrogen (secondary N) is 1. The Balaban J connectivity index is 2.05. The fourth-order valence-corrected chi connectivity index (χ4v) is 1.31. The van der Waals surface area contributed by atoms with Gasteiger partial charge in [0.15, 0.2) is 0 Å². The van der Waals surface area contributed by atoms with Crippen molar-refractivity contribution in [3.05, 3.63) is 6.33 Å². The molecule has 1 aromatic rings. The summed E-state index contributed by atoms with van der Waals surface area (Å²) >= 11 is 0. The summed E-state index contributed by atoms with van der Waals surface area (Å²) < 4.78 is 1.66. The molecule has 1 saturated carbocycles. The van der Waals surface area contributed by atoms with Crippen LogP contribution in [0.5, 0.6) is 0 Å². The molecular weight excluding hydrogens is 182 g/mol. The third-order valence-corrected chi connectivity index (χ3v) is 2.66. The second kappa shape index (κ2) is 3.06. The Morgan fingerprint density at radius 3 is 2.93 bits per heavy atom. The number of anilines is 1. The molecule has 1 aliphatic carbocycles. The molecule has 0 spiro atoms. The normalized spacial score (nSPS) is 17.9. The summed E-state index contributed by atoms with van der Waals surface area (Å²) in [6.07, 6.45) is 3.28. The van der Waals surface area contributed by atoms with E-state index in [1.807, 2.05) is 0 Å². The summed E-state index contributed by atoms with van der Waals surface area (Å²) in [6, 6.07) is 0. The van der Waals surface area contributed by atoms with Gasteiger partial charge in [0.05, 0.1) is 5.41 Å². The van der Waals surface area contributed by atoms with E-state index >= 15 is 0 Å². The molecule has 0 aromatic carbocycles. The number of aryl methyl sites for hydroxylation is 1. The third kappa shape index (κ3) is 1.37. The number of carbonyl (C=O) groups excluding carboxylic acids is 1. The highest BCUT2D eigenvalue weighted by atomic mass is 16.2. The van der Waals surface area contributed by atoms with Crippen LogP contribution in [0.1, 0.15) is 12.8 Å². The van der Waals surface area contributed by atoms with E-state index in [9.17, 15) is 4.79 Å². The lowest BCUT2D eigenvalue weighted by molar-refractivity contribution is -0.120.